The van der Waals surface area contributed by atoms with Gasteiger partial charge in [0.2, 0.25) is 21.8 Å². The van der Waals surface area contributed by atoms with Crippen molar-refractivity contribution in [2.24, 2.45) is 0 Å². The first-order valence-electron chi connectivity index (χ1n) is 11.2. The summed E-state index contributed by atoms with van der Waals surface area (Å²) in [6.45, 7) is 4.19. The Morgan fingerprint density at radius 1 is 1.05 bits per heavy atom. The van der Waals surface area contributed by atoms with Gasteiger partial charge in [-0.25, -0.2) is 8.42 Å². The maximum absolute atomic E-state index is 13.6. The van der Waals surface area contributed by atoms with Crippen LogP contribution in [-0.2, 0) is 32.3 Å². The molecule has 0 saturated heterocycles. The molecule has 2 rings (SSSR count). The Labute approximate surface area is 224 Å². The Balaban J connectivity index is 2.54. The van der Waals surface area contributed by atoms with Crippen molar-refractivity contribution in [1.82, 2.24) is 10.2 Å². The lowest BCUT2D eigenvalue weighted by Gasteiger charge is -2.33. The molecule has 1 atom stereocenters. The fourth-order valence-electron chi connectivity index (χ4n) is 3.61. The number of nitrogens with one attached hydrogen (secondary N) is 1. The van der Waals surface area contributed by atoms with Crippen molar-refractivity contribution in [2.45, 2.75) is 52.0 Å². The lowest BCUT2D eigenvalue weighted by atomic mass is 10.1. The summed E-state index contributed by atoms with van der Waals surface area (Å²) >= 11 is 11.9. The predicted molar refractivity (Wildman–Crippen MR) is 138 cm³/mol. The van der Waals surface area contributed by atoms with Crippen LogP contribution < -0.4 is 9.62 Å². The molecule has 37 heavy (non-hydrogen) atoms. The van der Waals surface area contributed by atoms with Gasteiger partial charge in [0, 0.05) is 17.6 Å². The van der Waals surface area contributed by atoms with Crippen LogP contribution in [-0.4, -0.2) is 50.0 Å². The summed E-state index contributed by atoms with van der Waals surface area (Å²) in [6, 6.07) is 7.95. The SMILES string of the molecule is CC[C@@H](C(=O)NC(C)C)N(Cc1ccccc1Cl)C(=O)CN(c1ccc(Cl)c(C(F)(F)F)c1)S(C)(=O)=O. The van der Waals surface area contributed by atoms with Gasteiger partial charge in [-0.05, 0) is 50.1 Å². The molecule has 0 bridgehead atoms. The number of carbonyl (C=O) groups is 2. The number of hydrogen-bond donors (Lipinski definition) is 1. The molecule has 0 fully saturated rings. The second-order valence-electron chi connectivity index (χ2n) is 8.63. The second-order valence-corrected chi connectivity index (χ2v) is 11.4. The summed E-state index contributed by atoms with van der Waals surface area (Å²) in [4.78, 5) is 27.7. The summed E-state index contributed by atoms with van der Waals surface area (Å²) in [5.41, 5.74) is -1.14. The van der Waals surface area contributed by atoms with Crippen molar-refractivity contribution in [3.8, 4) is 0 Å². The molecular weight excluding hydrogens is 554 g/mol. The molecule has 2 amide bonds. The van der Waals surface area contributed by atoms with E-state index in [-0.39, 0.29) is 19.0 Å². The minimum Gasteiger partial charge on any atom is -0.352 e. The van der Waals surface area contributed by atoms with Crippen LogP contribution in [0.1, 0.15) is 38.3 Å². The third-order valence-electron chi connectivity index (χ3n) is 5.34. The summed E-state index contributed by atoms with van der Waals surface area (Å²) in [5.74, 6) is -1.27. The minimum atomic E-state index is -4.85. The molecule has 7 nitrogen and oxygen atoms in total. The van der Waals surface area contributed by atoms with Gasteiger partial charge in [-0.15, -0.1) is 0 Å². The van der Waals surface area contributed by atoms with Crippen molar-refractivity contribution < 1.29 is 31.2 Å². The second kappa shape index (κ2) is 12.4. The number of nitrogens with zero attached hydrogens (tertiary/aromatic N) is 2. The van der Waals surface area contributed by atoms with Gasteiger partial charge in [-0.3, -0.25) is 13.9 Å². The number of sulfonamides is 1. The maximum atomic E-state index is 13.6. The standard InChI is InChI=1S/C24H28Cl2F3N3O4S/c1-5-21(23(34)30-15(2)3)31(13-16-8-6-7-9-19(16)25)22(33)14-32(37(4,35)36)17-10-11-20(26)18(12-17)24(27,28)29/h6-12,15,21H,5,13-14H2,1-4H3,(H,30,34)/t21-/m0/s1. The normalized spacial score (nSPS) is 12.8. The highest BCUT2D eigenvalue weighted by molar-refractivity contribution is 7.92. The van der Waals surface area contributed by atoms with Crippen LogP contribution in [0.5, 0.6) is 0 Å². The van der Waals surface area contributed by atoms with Crippen LogP contribution in [0.3, 0.4) is 0 Å². The van der Waals surface area contributed by atoms with E-state index in [2.05, 4.69) is 5.32 Å². The van der Waals surface area contributed by atoms with Gasteiger partial charge in [-0.2, -0.15) is 13.2 Å². The molecule has 0 unspecified atom stereocenters. The monoisotopic (exact) mass is 581 g/mol. The van der Waals surface area contributed by atoms with Crippen molar-refractivity contribution in [3.05, 3.63) is 63.6 Å². The molecule has 1 N–H and O–H groups in total. The van der Waals surface area contributed by atoms with E-state index in [0.717, 1.165) is 18.4 Å². The van der Waals surface area contributed by atoms with Crippen molar-refractivity contribution in [3.63, 3.8) is 0 Å². The zero-order valence-electron chi connectivity index (χ0n) is 20.6. The topological polar surface area (TPSA) is 86.8 Å². The average Bonchev–Trinajstić information content (AvgIpc) is 2.77. The molecular formula is C24H28Cl2F3N3O4S. The number of halogens is 5. The number of carbonyl (C=O) groups excluding carboxylic acids is 2. The van der Waals surface area contributed by atoms with Crippen LogP contribution in [0.4, 0.5) is 18.9 Å². The first-order chi connectivity index (χ1) is 17.1. The van der Waals surface area contributed by atoms with Gasteiger partial charge in [0.1, 0.15) is 12.6 Å². The minimum absolute atomic E-state index is 0.130. The van der Waals surface area contributed by atoms with E-state index in [1.54, 1.807) is 45.0 Å². The third kappa shape index (κ3) is 8.24. The first kappa shape index (κ1) is 30.7. The van der Waals surface area contributed by atoms with E-state index in [0.29, 0.717) is 21.0 Å². The first-order valence-corrected chi connectivity index (χ1v) is 13.8. The zero-order valence-corrected chi connectivity index (χ0v) is 23.0. The lowest BCUT2D eigenvalue weighted by molar-refractivity contribution is -0.140. The molecule has 2 aromatic carbocycles. The molecule has 2 aromatic rings. The molecule has 0 saturated carbocycles. The Morgan fingerprint density at radius 3 is 2.19 bits per heavy atom. The number of amides is 2. The molecule has 204 valence electrons. The lowest BCUT2D eigenvalue weighted by Crippen LogP contribution is -2.53. The molecule has 0 spiro atoms. The van der Waals surface area contributed by atoms with E-state index in [4.69, 9.17) is 23.2 Å². The number of alkyl halides is 3. The van der Waals surface area contributed by atoms with Gasteiger partial charge < -0.3 is 10.2 Å². The van der Waals surface area contributed by atoms with Crippen molar-refractivity contribution >= 4 is 50.7 Å². The van der Waals surface area contributed by atoms with Gasteiger partial charge in [0.25, 0.3) is 0 Å². The van der Waals surface area contributed by atoms with Gasteiger partial charge >= 0.3 is 6.18 Å². The molecule has 0 aromatic heterocycles. The summed E-state index contributed by atoms with van der Waals surface area (Å²) in [7, 11) is -4.23. The fourth-order valence-corrected chi connectivity index (χ4v) is 4.87. The number of anilines is 1. The Hall–Kier alpha value is -2.50. The van der Waals surface area contributed by atoms with Crippen molar-refractivity contribution in [1.29, 1.82) is 0 Å². The molecule has 0 heterocycles. The molecule has 0 aliphatic heterocycles. The van der Waals surface area contributed by atoms with Gasteiger partial charge in [0.05, 0.1) is 22.5 Å². The highest BCUT2D eigenvalue weighted by Crippen LogP contribution is 2.37. The highest BCUT2D eigenvalue weighted by Gasteiger charge is 2.36. The average molecular weight is 582 g/mol. The van der Waals surface area contributed by atoms with Gasteiger partial charge in [-0.1, -0.05) is 48.3 Å². The molecule has 0 radical (unpaired) electrons. The quantitative estimate of drug-likeness (QED) is 0.422. The smallest absolute Gasteiger partial charge is 0.352 e. The largest absolute Gasteiger partial charge is 0.417 e. The van der Waals surface area contributed by atoms with Crippen molar-refractivity contribution in [2.75, 3.05) is 17.1 Å². The summed E-state index contributed by atoms with van der Waals surface area (Å²) in [6.07, 6.45) is -3.89. The van der Waals surface area contributed by atoms with E-state index in [1.807, 2.05) is 0 Å². The van der Waals surface area contributed by atoms with E-state index < -0.39 is 56.9 Å². The van der Waals surface area contributed by atoms with Crippen LogP contribution in [0.25, 0.3) is 0 Å². The highest BCUT2D eigenvalue weighted by atomic mass is 35.5. The number of hydrogen-bond acceptors (Lipinski definition) is 4. The van der Waals surface area contributed by atoms with E-state index in [1.165, 1.54) is 4.90 Å². The van der Waals surface area contributed by atoms with E-state index in [9.17, 15) is 31.2 Å². The molecule has 0 aliphatic rings. The Bertz CT molecular complexity index is 1240. The zero-order chi connectivity index (χ0) is 28.1. The van der Waals surface area contributed by atoms with Crippen LogP contribution >= 0.6 is 23.2 Å². The fraction of sp³-hybridized carbons (Fsp3) is 0.417. The van der Waals surface area contributed by atoms with Crippen LogP contribution in [0.15, 0.2) is 42.5 Å². The third-order valence-corrected chi connectivity index (χ3v) is 7.18. The Kier molecular flexibility index (Phi) is 10.3. The Morgan fingerprint density at radius 2 is 1.68 bits per heavy atom. The maximum Gasteiger partial charge on any atom is 0.417 e. The van der Waals surface area contributed by atoms with Crippen LogP contribution in [0.2, 0.25) is 10.0 Å². The summed E-state index contributed by atoms with van der Waals surface area (Å²) in [5, 5.41) is 2.45. The van der Waals surface area contributed by atoms with Crippen LogP contribution in [0, 0.1) is 0 Å². The molecule has 0 aliphatic carbocycles. The van der Waals surface area contributed by atoms with E-state index >= 15 is 0 Å². The predicted octanol–water partition coefficient (Wildman–Crippen LogP) is 5.11. The number of benzene rings is 2. The molecule has 13 heteroatoms. The number of rotatable bonds is 10. The summed E-state index contributed by atoms with van der Waals surface area (Å²) < 4.78 is 66.0. The van der Waals surface area contributed by atoms with Gasteiger partial charge in [0.15, 0.2) is 0 Å².